The van der Waals surface area contributed by atoms with Crippen molar-refractivity contribution in [2.75, 3.05) is 11.9 Å². The second kappa shape index (κ2) is 10.5. The second-order valence-corrected chi connectivity index (χ2v) is 6.83. The van der Waals surface area contributed by atoms with Crippen LogP contribution in [0.15, 0.2) is 42.5 Å². The van der Waals surface area contributed by atoms with Crippen LogP contribution in [-0.2, 0) is 14.3 Å². The Morgan fingerprint density at radius 3 is 2.45 bits per heavy atom. The Kier molecular flexibility index (Phi) is 8.03. The fourth-order valence-corrected chi connectivity index (χ4v) is 2.50. The zero-order valence-corrected chi connectivity index (χ0v) is 17.0. The summed E-state index contributed by atoms with van der Waals surface area (Å²) in [4.78, 5) is 35.1. The van der Waals surface area contributed by atoms with Gasteiger partial charge in [-0.25, -0.2) is 0 Å². The third kappa shape index (κ3) is 7.12. The zero-order valence-electron chi connectivity index (χ0n) is 16.2. The van der Waals surface area contributed by atoms with E-state index >= 15 is 0 Å². The largest absolute Gasteiger partial charge is 0.494 e. The summed E-state index contributed by atoms with van der Waals surface area (Å²) >= 11 is 5.96. The lowest BCUT2D eigenvalue weighted by molar-refractivity contribution is -0.153. The van der Waals surface area contributed by atoms with Gasteiger partial charge in [-0.1, -0.05) is 11.6 Å². The lowest BCUT2D eigenvalue weighted by Crippen LogP contribution is -2.30. The highest BCUT2D eigenvalue weighted by molar-refractivity contribution is 6.31. The maximum Gasteiger partial charge on any atom is 0.306 e. The van der Waals surface area contributed by atoms with E-state index in [-0.39, 0.29) is 6.42 Å². The third-order valence-corrected chi connectivity index (χ3v) is 4.46. The van der Waals surface area contributed by atoms with Gasteiger partial charge in [0.15, 0.2) is 6.10 Å². The molecule has 2 aromatic rings. The van der Waals surface area contributed by atoms with Crippen molar-refractivity contribution in [1.82, 2.24) is 0 Å². The number of anilines is 1. The minimum absolute atomic E-state index is 0.123. The molecule has 0 radical (unpaired) electrons. The molecule has 0 saturated carbocycles. The first-order valence-electron chi connectivity index (χ1n) is 9.05. The average molecular weight is 419 g/mol. The normalized spacial score (nSPS) is 11.4. The molecule has 0 fully saturated rings. The lowest BCUT2D eigenvalue weighted by atomic mass is 10.2. The fourth-order valence-electron chi connectivity index (χ4n) is 2.38. The van der Waals surface area contributed by atoms with Crippen molar-refractivity contribution in [2.24, 2.45) is 5.73 Å². The summed E-state index contributed by atoms with van der Waals surface area (Å²) in [6, 6.07) is 11.4. The number of ether oxygens (including phenoxy) is 2. The van der Waals surface area contributed by atoms with Crippen LogP contribution in [0.5, 0.6) is 5.75 Å². The molecule has 2 rings (SSSR count). The summed E-state index contributed by atoms with van der Waals surface area (Å²) in [5, 5.41) is 3.27. The molecular weight excluding hydrogens is 396 g/mol. The first kappa shape index (κ1) is 22.2. The van der Waals surface area contributed by atoms with Crippen molar-refractivity contribution >= 4 is 35.1 Å². The number of carbonyl (C=O) groups excluding carboxylic acids is 3. The summed E-state index contributed by atoms with van der Waals surface area (Å²) in [6.07, 6.45) is -0.390. The van der Waals surface area contributed by atoms with Gasteiger partial charge in [-0.2, -0.15) is 0 Å². The molecule has 1 atom stereocenters. The number of amides is 2. The van der Waals surface area contributed by atoms with Crippen LogP contribution >= 0.6 is 11.6 Å². The number of nitrogens with two attached hydrogens (primary N) is 1. The van der Waals surface area contributed by atoms with Crippen molar-refractivity contribution in [1.29, 1.82) is 0 Å². The van der Waals surface area contributed by atoms with E-state index in [2.05, 4.69) is 5.32 Å². The van der Waals surface area contributed by atoms with Crippen molar-refractivity contribution in [3.63, 3.8) is 0 Å². The molecule has 0 aliphatic carbocycles. The Balaban J connectivity index is 1.71. The van der Waals surface area contributed by atoms with Crippen LogP contribution in [0.4, 0.5) is 5.69 Å². The predicted molar refractivity (Wildman–Crippen MR) is 110 cm³/mol. The average Bonchev–Trinajstić information content (AvgIpc) is 2.68. The van der Waals surface area contributed by atoms with Gasteiger partial charge in [-0.15, -0.1) is 0 Å². The van der Waals surface area contributed by atoms with Crippen molar-refractivity contribution in [2.45, 2.75) is 32.8 Å². The predicted octanol–water partition coefficient (Wildman–Crippen LogP) is 3.48. The lowest BCUT2D eigenvalue weighted by Gasteiger charge is -2.14. The molecule has 0 unspecified atom stereocenters. The molecule has 0 saturated heterocycles. The van der Waals surface area contributed by atoms with Gasteiger partial charge in [-0.3, -0.25) is 14.4 Å². The maximum absolute atomic E-state index is 12.1. The number of carbonyl (C=O) groups is 3. The Morgan fingerprint density at radius 2 is 1.83 bits per heavy atom. The van der Waals surface area contributed by atoms with Gasteiger partial charge >= 0.3 is 5.97 Å². The molecule has 2 amide bonds. The molecule has 154 valence electrons. The number of rotatable bonds is 9. The molecule has 8 heteroatoms. The van der Waals surface area contributed by atoms with Gasteiger partial charge in [0.25, 0.3) is 5.91 Å². The molecule has 2 aromatic carbocycles. The number of esters is 1. The molecule has 0 aromatic heterocycles. The Labute approximate surface area is 174 Å². The topological polar surface area (TPSA) is 108 Å². The molecule has 29 heavy (non-hydrogen) atoms. The highest BCUT2D eigenvalue weighted by atomic mass is 35.5. The van der Waals surface area contributed by atoms with Crippen LogP contribution in [0.3, 0.4) is 0 Å². The molecular formula is C21H23ClN2O5. The summed E-state index contributed by atoms with van der Waals surface area (Å²) in [6.45, 7) is 3.70. The van der Waals surface area contributed by atoms with Crippen molar-refractivity contribution < 1.29 is 23.9 Å². The van der Waals surface area contributed by atoms with Gasteiger partial charge in [0, 0.05) is 22.7 Å². The summed E-state index contributed by atoms with van der Waals surface area (Å²) in [5.41, 5.74) is 6.87. The van der Waals surface area contributed by atoms with Crippen LogP contribution in [-0.4, -0.2) is 30.5 Å². The zero-order chi connectivity index (χ0) is 21.4. The van der Waals surface area contributed by atoms with E-state index in [1.54, 1.807) is 24.3 Å². The highest BCUT2D eigenvalue weighted by Gasteiger charge is 2.18. The van der Waals surface area contributed by atoms with Crippen LogP contribution < -0.4 is 15.8 Å². The Bertz CT molecular complexity index is 883. The van der Waals surface area contributed by atoms with Crippen molar-refractivity contribution in [3.8, 4) is 5.75 Å². The number of halogens is 1. The van der Waals surface area contributed by atoms with Crippen LogP contribution in [0, 0.1) is 6.92 Å². The van der Waals surface area contributed by atoms with Gasteiger partial charge in [0.1, 0.15) is 5.75 Å². The van der Waals surface area contributed by atoms with E-state index in [1.807, 2.05) is 13.0 Å². The number of hydrogen-bond acceptors (Lipinski definition) is 5. The third-order valence-electron chi connectivity index (χ3n) is 4.04. The van der Waals surface area contributed by atoms with Crippen LogP contribution in [0.2, 0.25) is 5.02 Å². The maximum atomic E-state index is 12.1. The van der Waals surface area contributed by atoms with Gasteiger partial charge in [0.05, 0.1) is 6.61 Å². The molecule has 7 nitrogen and oxygen atoms in total. The van der Waals surface area contributed by atoms with Crippen molar-refractivity contribution in [3.05, 3.63) is 58.6 Å². The minimum Gasteiger partial charge on any atom is -0.494 e. The SMILES string of the molecule is Cc1cc(OCCCC(=O)O[C@H](C)C(=O)Nc2ccc(C(N)=O)cc2)ccc1Cl. The summed E-state index contributed by atoms with van der Waals surface area (Å²) in [5.74, 6) is -0.846. The number of nitrogens with one attached hydrogen (secondary N) is 1. The Hall–Kier alpha value is -3.06. The number of benzene rings is 2. The van der Waals surface area contributed by atoms with Gasteiger partial charge < -0.3 is 20.5 Å². The molecule has 0 aliphatic heterocycles. The van der Waals surface area contributed by atoms with Crippen LogP contribution in [0.25, 0.3) is 0 Å². The van der Waals surface area contributed by atoms with E-state index in [4.69, 9.17) is 26.8 Å². The first-order chi connectivity index (χ1) is 13.8. The molecule has 0 bridgehead atoms. The monoisotopic (exact) mass is 418 g/mol. The quantitative estimate of drug-likeness (QED) is 0.478. The van der Waals surface area contributed by atoms with E-state index in [1.165, 1.54) is 19.1 Å². The number of primary amides is 1. The molecule has 0 aliphatic rings. The van der Waals surface area contributed by atoms with E-state index < -0.39 is 23.9 Å². The Morgan fingerprint density at radius 1 is 1.14 bits per heavy atom. The number of hydrogen-bond donors (Lipinski definition) is 2. The van der Waals surface area contributed by atoms with E-state index in [0.29, 0.717) is 35.1 Å². The minimum atomic E-state index is -0.960. The molecule has 3 N–H and O–H groups in total. The van der Waals surface area contributed by atoms with Crippen LogP contribution in [0.1, 0.15) is 35.7 Å². The molecule has 0 heterocycles. The highest BCUT2D eigenvalue weighted by Crippen LogP contribution is 2.21. The summed E-state index contributed by atoms with van der Waals surface area (Å²) in [7, 11) is 0. The first-order valence-corrected chi connectivity index (χ1v) is 9.43. The number of aryl methyl sites for hydroxylation is 1. The smallest absolute Gasteiger partial charge is 0.306 e. The fraction of sp³-hybridized carbons (Fsp3) is 0.286. The second-order valence-electron chi connectivity index (χ2n) is 6.43. The molecule has 0 spiro atoms. The standard InChI is InChI=1S/C21H23ClN2O5/c1-13-12-17(9-10-18(13)22)28-11-3-4-19(25)29-14(2)21(27)24-16-7-5-15(6-8-16)20(23)26/h5-10,12,14H,3-4,11H2,1-2H3,(H2,23,26)(H,24,27)/t14-/m1/s1. The van der Waals surface area contributed by atoms with E-state index in [0.717, 1.165) is 5.56 Å². The summed E-state index contributed by atoms with van der Waals surface area (Å²) < 4.78 is 10.7. The van der Waals surface area contributed by atoms with Gasteiger partial charge in [0.2, 0.25) is 5.91 Å². The van der Waals surface area contributed by atoms with E-state index in [9.17, 15) is 14.4 Å². The van der Waals surface area contributed by atoms with Gasteiger partial charge in [-0.05, 0) is 68.3 Å².